The number of aromatic nitrogens is 4. The van der Waals surface area contributed by atoms with Crippen LogP contribution in [0.15, 0.2) is 18.5 Å². The number of nitrogens with zero attached hydrogens (tertiary/aromatic N) is 4. The predicted octanol–water partition coefficient (Wildman–Crippen LogP) is 2.98. The Balaban J connectivity index is 2.47. The largest absolute Gasteiger partial charge is 0.369 e. The fourth-order valence-electron chi connectivity index (χ4n) is 2.24. The first kappa shape index (κ1) is 13.5. The molecule has 0 bridgehead atoms. The van der Waals surface area contributed by atoms with Crippen molar-refractivity contribution < 1.29 is 4.79 Å². The predicted molar refractivity (Wildman–Crippen MR) is 73.5 cm³/mol. The topological polar surface area (TPSA) is 52.7 Å². The van der Waals surface area contributed by atoms with Crippen LogP contribution in [0, 0.1) is 6.92 Å². The van der Waals surface area contributed by atoms with Crippen molar-refractivity contribution >= 4 is 6.03 Å². The molecule has 2 rings (SSSR count). The van der Waals surface area contributed by atoms with Gasteiger partial charge in [-0.1, -0.05) is 27.2 Å². The number of hydrogen-bond acceptors (Lipinski definition) is 3. The molecule has 0 atom stereocenters. The van der Waals surface area contributed by atoms with Crippen molar-refractivity contribution in [2.45, 2.75) is 46.5 Å². The van der Waals surface area contributed by atoms with E-state index in [2.05, 4.69) is 31.0 Å². The zero-order valence-corrected chi connectivity index (χ0v) is 11.9. The van der Waals surface area contributed by atoms with E-state index in [9.17, 15) is 4.79 Å². The molecule has 102 valence electrons. The molecule has 0 N–H and O–H groups in total. The Bertz CT molecular complexity index is 567. The first-order valence-corrected chi connectivity index (χ1v) is 6.69. The lowest BCUT2D eigenvalue weighted by Gasteiger charge is -2.04. The SMILES string of the molecule is CCCc1c(C(C)C)nn(C(=O)n2cccn2)c1C. The Morgan fingerprint density at radius 2 is 2.16 bits per heavy atom. The van der Waals surface area contributed by atoms with Crippen molar-refractivity contribution in [2.75, 3.05) is 0 Å². The molecule has 0 aliphatic heterocycles. The lowest BCUT2D eigenvalue weighted by atomic mass is 10.0. The summed E-state index contributed by atoms with van der Waals surface area (Å²) in [5, 5.41) is 8.46. The molecule has 2 aromatic rings. The van der Waals surface area contributed by atoms with Gasteiger partial charge in [-0.25, -0.2) is 4.79 Å². The van der Waals surface area contributed by atoms with Gasteiger partial charge in [-0.05, 0) is 30.9 Å². The van der Waals surface area contributed by atoms with Gasteiger partial charge in [0.05, 0.1) is 5.69 Å². The molecule has 2 heterocycles. The molecule has 2 aromatic heterocycles. The monoisotopic (exact) mass is 260 g/mol. The second-order valence-corrected chi connectivity index (χ2v) is 5.00. The fourth-order valence-corrected chi connectivity index (χ4v) is 2.24. The van der Waals surface area contributed by atoms with Gasteiger partial charge < -0.3 is 0 Å². The average Bonchev–Trinajstić information content (AvgIpc) is 2.99. The van der Waals surface area contributed by atoms with Gasteiger partial charge in [-0.15, -0.1) is 0 Å². The third-order valence-corrected chi connectivity index (χ3v) is 3.20. The van der Waals surface area contributed by atoms with Crippen LogP contribution in [0.1, 0.15) is 50.1 Å². The van der Waals surface area contributed by atoms with E-state index in [4.69, 9.17) is 0 Å². The van der Waals surface area contributed by atoms with Crippen LogP contribution in [0.5, 0.6) is 0 Å². The molecular formula is C14H20N4O. The minimum Gasteiger partial charge on any atom is -0.244 e. The molecular weight excluding hydrogens is 240 g/mol. The zero-order chi connectivity index (χ0) is 14.0. The Labute approximate surface area is 113 Å². The summed E-state index contributed by atoms with van der Waals surface area (Å²) in [4.78, 5) is 12.3. The van der Waals surface area contributed by atoms with Crippen LogP contribution in [-0.2, 0) is 6.42 Å². The summed E-state index contributed by atoms with van der Waals surface area (Å²) in [5.41, 5.74) is 3.13. The molecule has 0 spiro atoms. The quantitative estimate of drug-likeness (QED) is 0.852. The Hall–Kier alpha value is -1.91. The average molecular weight is 260 g/mol. The Kier molecular flexibility index (Phi) is 3.83. The fraction of sp³-hybridized carbons (Fsp3) is 0.500. The molecule has 0 aliphatic rings. The second kappa shape index (κ2) is 5.38. The summed E-state index contributed by atoms with van der Waals surface area (Å²) in [6.07, 6.45) is 5.22. The van der Waals surface area contributed by atoms with E-state index < -0.39 is 0 Å². The van der Waals surface area contributed by atoms with Gasteiger partial charge in [0.1, 0.15) is 0 Å². The second-order valence-electron chi connectivity index (χ2n) is 5.00. The van der Waals surface area contributed by atoms with E-state index in [-0.39, 0.29) is 6.03 Å². The van der Waals surface area contributed by atoms with Crippen molar-refractivity contribution in [3.05, 3.63) is 35.4 Å². The van der Waals surface area contributed by atoms with Crippen LogP contribution in [0.25, 0.3) is 0 Å². The highest BCUT2D eigenvalue weighted by Crippen LogP contribution is 2.23. The van der Waals surface area contributed by atoms with Crippen LogP contribution in [0.4, 0.5) is 4.79 Å². The maximum atomic E-state index is 12.3. The van der Waals surface area contributed by atoms with Crippen LogP contribution in [0.2, 0.25) is 0 Å². The third kappa shape index (κ3) is 2.45. The van der Waals surface area contributed by atoms with E-state index >= 15 is 0 Å². The highest BCUT2D eigenvalue weighted by molar-refractivity contribution is 5.78. The summed E-state index contributed by atoms with van der Waals surface area (Å²) in [7, 11) is 0. The van der Waals surface area contributed by atoms with E-state index in [1.807, 2.05) is 6.92 Å². The first-order valence-electron chi connectivity index (χ1n) is 6.69. The van der Waals surface area contributed by atoms with Gasteiger partial charge in [-0.2, -0.15) is 19.6 Å². The molecule has 0 aliphatic carbocycles. The standard InChI is InChI=1S/C14H20N4O/c1-5-7-12-11(4)18(16-13(12)10(2)3)14(19)17-9-6-8-15-17/h6,8-10H,5,7H2,1-4H3. The van der Waals surface area contributed by atoms with Crippen molar-refractivity contribution in [3.63, 3.8) is 0 Å². The highest BCUT2D eigenvalue weighted by atomic mass is 16.2. The molecule has 0 saturated heterocycles. The van der Waals surface area contributed by atoms with Gasteiger partial charge in [-0.3, -0.25) is 0 Å². The highest BCUT2D eigenvalue weighted by Gasteiger charge is 2.20. The van der Waals surface area contributed by atoms with Crippen LogP contribution >= 0.6 is 0 Å². The lowest BCUT2D eigenvalue weighted by Crippen LogP contribution is -2.22. The number of carbonyl (C=O) groups is 1. The van der Waals surface area contributed by atoms with E-state index in [1.165, 1.54) is 14.9 Å². The molecule has 0 aromatic carbocycles. The number of hydrogen-bond donors (Lipinski definition) is 0. The van der Waals surface area contributed by atoms with Crippen molar-refractivity contribution in [1.29, 1.82) is 0 Å². The minimum absolute atomic E-state index is 0.230. The molecule has 0 amide bonds. The molecule has 0 unspecified atom stereocenters. The molecule has 5 heteroatoms. The summed E-state index contributed by atoms with van der Waals surface area (Å²) in [5.74, 6) is 0.312. The van der Waals surface area contributed by atoms with Crippen molar-refractivity contribution in [2.24, 2.45) is 0 Å². The van der Waals surface area contributed by atoms with E-state index in [0.29, 0.717) is 5.92 Å². The maximum Gasteiger partial charge on any atom is 0.369 e. The van der Waals surface area contributed by atoms with Crippen LogP contribution in [0.3, 0.4) is 0 Å². The Morgan fingerprint density at radius 1 is 1.42 bits per heavy atom. The van der Waals surface area contributed by atoms with E-state index in [1.54, 1.807) is 18.5 Å². The molecule has 19 heavy (non-hydrogen) atoms. The Morgan fingerprint density at radius 3 is 2.68 bits per heavy atom. The summed E-state index contributed by atoms with van der Waals surface area (Å²) >= 11 is 0. The molecule has 0 fully saturated rings. The van der Waals surface area contributed by atoms with Gasteiger partial charge in [0.2, 0.25) is 0 Å². The summed E-state index contributed by atoms with van der Waals surface area (Å²) in [6, 6.07) is 1.50. The first-order chi connectivity index (χ1) is 9.06. The lowest BCUT2D eigenvalue weighted by molar-refractivity contribution is 0.237. The van der Waals surface area contributed by atoms with E-state index in [0.717, 1.165) is 24.2 Å². The normalized spacial score (nSPS) is 11.2. The smallest absolute Gasteiger partial charge is 0.244 e. The minimum atomic E-state index is -0.230. The van der Waals surface area contributed by atoms with Crippen molar-refractivity contribution in [1.82, 2.24) is 19.6 Å². The van der Waals surface area contributed by atoms with Gasteiger partial charge >= 0.3 is 6.03 Å². The van der Waals surface area contributed by atoms with Gasteiger partial charge in [0.25, 0.3) is 0 Å². The number of carbonyl (C=O) groups excluding carboxylic acids is 1. The molecule has 5 nitrogen and oxygen atoms in total. The number of rotatable bonds is 3. The van der Waals surface area contributed by atoms with Crippen LogP contribution < -0.4 is 0 Å². The van der Waals surface area contributed by atoms with Crippen LogP contribution in [-0.4, -0.2) is 25.6 Å². The summed E-state index contributed by atoms with van der Waals surface area (Å²) < 4.78 is 2.77. The summed E-state index contributed by atoms with van der Waals surface area (Å²) in [6.45, 7) is 8.29. The van der Waals surface area contributed by atoms with Gasteiger partial charge in [0, 0.05) is 18.1 Å². The third-order valence-electron chi connectivity index (χ3n) is 3.20. The maximum absolute atomic E-state index is 12.3. The zero-order valence-electron chi connectivity index (χ0n) is 11.9. The van der Waals surface area contributed by atoms with Gasteiger partial charge in [0.15, 0.2) is 0 Å². The molecule has 0 radical (unpaired) electrons. The molecule has 0 saturated carbocycles. The van der Waals surface area contributed by atoms with Crippen molar-refractivity contribution in [3.8, 4) is 0 Å².